The smallest absolute Gasteiger partial charge is 0.235 e. The molecule has 5 nitrogen and oxygen atoms in total. The van der Waals surface area contributed by atoms with Gasteiger partial charge < -0.3 is 11.5 Å². The Hall–Kier alpha value is -1.66. The van der Waals surface area contributed by atoms with Crippen LogP contribution in [-0.2, 0) is 0 Å². The van der Waals surface area contributed by atoms with Gasteiger partial charge in [0.1, 0.15) is 0 Å². The summed E-state index contributed by atoms with van der Waals surface area (Å²) >= 11 is 7.30. The lowest BCUT2D eigenvalue weighted by atomic mass is 10.2. The normalized spacial score (nSPS) is 10.1. The standard InChI is InChI=1S/C9H8ClN5S/c10-6-4-2-1-3-5(6)7-14-15-9(16-7)13-8(11)12/h1-4H,(H4,11,12,13,15). The quantitative estimate of drug-likeness (QED) is 0.630. The minimum absolute atomic E-state index is 0.0399. The Balaban J connectivity index is 2.39. The molecule has 0 aliphatic heterocycles. The highest BCUT2D eigenvalue weighted by Gasteiger charge is 2.08. The molecule has 0 fully saturated rings. The Bertz CT molecular complexity index is 532. The first-order chi connectivity index (χ1) is 7.66. The minimum Gasteiger partial charge on any atom is -0.370 e. The van der Waals surface area contributed by atoms with Crippen LogP contribution in [0.5, 0.6) is 0 Å². The van der Waals surface area contributed by atoms with E-state index in [0.29, 0.717) is 15.2 Å². The summed E-state index contributed by atoms with van der Waals surface area (Å²) in [5, 5.41) is 9.52. The first-order valence-corrected chi connectivity index (χ1v) is 5.54. The van der Waals surface area contributed by atoms with Crippen molar-refractivity contribution >= 4 is 34.0 Å². The molecule has 16 heavy (non-hydrogen) atoms. The van der Waals surface area contributed by atoms with Gasteiger partial charge in [-0.3, -0.25) is 0 Å². The van der Waals surface area contributed by atoms with Gasteiger partial charge >= 0.3 is 0 Å². The predicted molar refractivity (Wildman–Crippen MR) is 65.8 cm³/mol. The number of aromatic nitrogens is 2. The summed E-state index contributed by atoms with van der Waals surface area (Å²) in [6.45, 7) is 0. The zero-order valence-corrected chi connectivity index (χ0v) is 9.66. The van der Waals surface area contributed by atoms with Crippen LogP contribution in [0.1, 0.15) is 0 Å². The van der Waals surface area contributed by atoms with Crippen LogP contribution < -0.4 is 11.5 Å². The maximum Gasteiger partial charge on any atom is 0.235 e. The molecule has 0 aliphatic rings. The van der Waals surface area contributed by atoms with E-state index in [1.807, 2.05) is 18.2 Å². The van der Waals surface area contributed by atoms with Crippen molar-refractivity contribution in [1.29, 1.82) is 0 Å². The van der Waals surface area contributed by atoms with Gasteiger partial charge in [0.25, 0.3) is 0 Å². The van der Waals surface area contributed by atoms with Gasteiger partial charge in [0.05, 0.1) is 5.02 Å². The highest BCUT2D eigenvalue weighted by atomic mass is 35.5. The number of hydrogen-bond acceptors (Lipinski definition) is 4. The second-order valence-electron chi connectivity index (χ2n) is 2.91. The van der Waals surface area contributed by atoms with Crippen LogP contribution >= 0.6 is 22.9 Å². The van der Waals surface area contributed by atoms with Gasteiger partial charge in [0.2, 0.25) is 5.13 Å². The molecule has 7 heteroatoms. The number of benzene rings is 1. The van der Waals surface area contributed by atoms with Gasteiger partial charge in [0, 0.05) is 5.56 Å². The molecule has 0 saturated heterocycles. The van der Waals surface area contributed by atoms with Gasteiger partial charge in [0.15, 0.2) is 11.0 Å². The third-order valence-electron chi connectivity index (χ3n) is 1.74. The summed E-state index contributed by atoms with van der Waals surface area (Å²) in [5.41, 5.74) is 11.3. The molecule has 1 heterocycles. The largest absolute Gasteiger partial charge is 0.370 e. The summed E-state index contributed by atoms with van der Waals surface area (Å²) in [6, 6.07) is 7.38. The highest BCUT2D eigenvalue weighted by Crippen LogP contribution is 2.32. The van der Waals surface area contributed by atoms with Crippen LogP contribution in [-0.4, -0.2) is 16.2 Å². The van der Waals surface area contributed by atoms with E-state index in [4.69, 9.17) is 23.1 Å². The molecule has 0 saturated carbocycles. The van der Waals surface area contributed by atoms with Crippen molar-refractivity contribution in [1.82, 2.24) is 10.2 Å². The van der Waals surface area contributed by atoms with Gasteiger partial charge in [-0.25, -0.2) is 0 Å². The Kier molecular flexibility index (Phi) is 3.02. The predicted octanol–water partition coefficient (Wildman–Crippen LogP) is 1.76. The van der Waals surface area contributed by atoms with Crippen molar-refractivity contribution < 1.29 is 0 Å². The lowest BCUT2D eigenvalue weighted by Gasteiger charge is -1.96. The monoisotopic (exact) mass is 253 g/mol. The first kappa shape index (κ1) is 10.8. The molecular formula is C9H8ClN5S. The summed E-state index contributed by atoms with van der Waals surface area (Å²) in [7, 11) is 0. The summed E-state index contributed by atoms with van der Waals surface area (Å²) in [5.74, 6) is -0.0399. The maximum absolute atomic E-state index is 6.03. The van der Waals surface area contributed by atoms with E-state index >= 15 is 0 Å². The van der Waals surface area contributed by atoms with Crippen LogP contribution in [0.25, 0.3) is 10.6 Å². The van der Waals surface area contributed by atoms with Crippen molar-refractivity contribution in [2.45, 2.75) is 0 Å². The molecule has 4 N–H and O–H groups in total. The number of rotatable bonds is 2. The van der Waals surface area contributed by atoms with Crippen LogP contribution in [0, 0.1) is 0 Å². The molecule has 0 amide bonds. The average molecular weight is 254 g/mol. The number of aliphatic imine (C=N–C) groups is 1. The maximum atomic E-state index is 6.03. The second-order valence-corrected chi connectivity index (χ2v) is 4.27. The number of halogens is 1. The van der Waals surface area contributed by atoms with Gasteiger partial charge in [-0.15, -0.1) is 10.2 Å². The molecule has 2 aromatic rings. The molecule has 1 aromatic heterocycles. The third kappa shape index (κ3) is 2.29. The van der Waals surface area contributed by atoms with Crippen molar-refractivity contribution in [2.75, 3.05) is 0 Å². The van der Waals surface area contributed by atoms with Crippen molar-refractivity contribution in [3.05, 3.63) is 29.3 Å². The summed E-state index contributed by atoms with van der Waals surface area (Å²) < 4.78 is 0. The van der Waals surface area contributed by atoms with Crippen LogP contribution in [0.15, 0.2) is 29.3 Å². The molecule has 2 rings (SSSR count). The highest BCUT2D eigenvalue weighted by molar-refractivity contribution is 7.18. The number of nitrogens with zero attached hydrogens (tertiary/aromatic N) is 3. The second kappa shape index (κ2) is 4.46. The van der Waals surface area contributed by atoms with Crippen LogP contribution in [0.3, 0.4) is 0 Å². The molecule has 82 valence electrons. The first-order valence-electron chi connectivity index (χ1n) is 4.35. The van der Waals surface area contributed by atoms with Gasteiger partial charge in [-0.05, 0) is 6.07 Å². The van der Waals surface area contributed by atoms with Gasteiger partial charge in [-0.1, -0.05) is 41.1 Å². The molecule has 0 unspecified atom stereocenters. The molecule has 0 atom stereocenters. The van der Waals surface area contributed by atoms with E-state index in [2.05, 4.69) is 15.2 Å². The summed E-state index contributed by atoms with van der Waals surface area (Å²) in [4.78, 5) is 3.81. The van der Waals surface area contributed by atoms with E-state index in [-0.39, 0.29) is 5.96 Å². The fraction of sp³-hybridized carbons (Fsp3) is 0. The van der Waals surface area contributed by atoms with E-state index in [1.165, 1.54) is 11.3 Å². The Morgan fingerprint density at radius 1 is 1.25 bits per heavy atom. The van der Waals surface area contributed by atoms with E-state index in [1.54, 1.807) is 6.07 Å². The SMILES string of the molecule is NC(N)=Nc1nnc(-c2ccccc2Cl)s1. The molecule has 0 bridgehead atoms. The third-order valence-corrected chi connectivity index (χ3v) is 2.92. The zero-order chi connectivity index (χ0) is 11.5. The molecule has 0 radical (unpaired) electrons. The summed E-state index contributed by atoms with van der Waals surface area (Å²) in [6.07, 6.45) is 0. The zero-order valence-electron chi connectivity index (χ0n) is 8.09. The Labute approximate surface area is 101 Å². The Morgan fingerprint density at radius 2 is 2.00 bits per heavy atom. The lowest BCUT2D eigenvalue weighted by molar-refractivity contribution is 1.08. The van der Waals surface area contributed by atoms with Crippen molar-refractivity contribution in [3.63, 3.8) is 0 Å². The lowest BCUT2D eigenvalue weighted by Crippen LogP contribution is -2.21. The fourth-order valence-corrected chi connectivity index (χ4v) is 2.17. The molecule has 1 aromatic carbocycles. The van der Waals surface area contributed by atoms with Crippen LogP contribution in [0.4, 0.5) is 5.13 Å². The fourth-order valence-electron chi connectivity index (χ4n) is 1.11. The van der Waals surface area contributed by atoms with Crippen molar-refractivity contribution in [3.8, 4) is 10.6 Å². The minimum atomic E-state index is -0.0399. The van der Waals surface area contributed by atoms with E-state index < -0.39 is 0 Å². The molecule has 0 aliphatic carbocycles. The molecule has 0 spiro atoms. The number of nitrogens with two attached hydrogens (primary N) is 2. The van der Waals surface area contributed by atoms with Crippen LogP contribution in [0.2, 0.25) is 5.02 Å². The average Bonchev–Trinajstić information content (AvgIpc) is 2.66. The van der Waals surface area contributed by atoms with Gasteiger partial charge in [-0.2, -0.15) is 4.99 Å². The number of guanidine groups is 1. The molecular weight excluding hydrogens is 246 g/mol. The number of hydrogen-bond donors (Lipinski definition) is 2. The Morgan fingerprint density at radius 3 is 2.69 bits per heavy atom. The topological polar surface area (TPSA) is 90.2 Å². The van der Waals surface area contributed by atoms with Crippen molar-refractivity contribution in [2.24, 2.45) is 16.5 Å². The van der Waals surface area contributed by atoms with E-state index in [0.717, 1.165) is 5.56 Å². The van der Waals surface area contributed by atoms with E-state index in [9.17, 15) is 0 Å².